The van der Waals surface area contributed by atoms with Crippen LogP contribution in [0.3, 0.4) is 0 Å². The van der Waals surface area contributed by atoms with Gasteiger partial charge in [-0.05, 0) is 31.9 Å². The van der Waals surface area contributed by atoms with Gasteiger partial charge in [0.05, 0.1) is 6.61 Å². The van der Waals surface area contributed by atoms with Crippen LogP contribution in [0.4, 0.5) is 0 Å². The highest BCUT2D eigenvalue weighted by Gasteiger charge is 2.08. The summed E-state index contributed by atoms with van der Waals surface area (Å²) in [7, 11) is 0. The first-order valence-electron chi connectivity index (χ1n) is 5.44. The normalized spacial score (nSPS) is 12.5. The summed E-state index contributed by atoms with van der Waals surface area (Å²) in [6.07, 6.45) is 1.61. The van der Waals surface area contributed by atoms with Gasteiger partial charge in [0, 0.05) is 22.7 Å². The van der Waals surface area contributed by atoms with Gasteiger partial charge in [0.25, 0.3) is 0 Å². The van der Waals surface area contributed by atoms with Crippen LogP contribution in [-0.4, -0.2) is 18.3 Å². The van der Waals surface area contributed by atoms with Crippen LogP contribution in [0.2, 0.25) is 0 Å². The van der Waals surface area contributed by atoms with Crippen molar-refractivity contribution in [1.82, 2.24) is 0 Å². The summed E-state index contributed by atoms with van der Waals surface area (Å²) in [5.74, 6) is 0.822. The molecule has 0 bridgehead atoms. The third-order valence-corrected chi connectivity index (χ3v) is 2.77. The van der Waals surface area contributed by atoms with Gasteiger partial charge in [-0.25, -0.2) is 0 Å². The predicted octanol–water partition coefficient (Wildman–Crippen LogP) is 2.62. The summed E-state index contributed by atoms with van der Waals surface area (Å²) in [5, 5.41) is 8.67. The maximum Gasteiger partial charge on any atom is 0.125 e. The van der Waals surface area contributed by atoms with Crippen molar-refractivity contribution in [2.24, 2.45) is 5.73 Å². The van der Waals surface area contributed by atoms with E-state index in [-0.39, 0.29) is 12.6 Å². The average Bonchev–Trinajstić information content (AvgIpc) is 2.24. The minimum absolute atomic E-state index is 0.0408. The summed E-state index contributed by atoms with van der Waals surface area (Å²) in [4.78, 5) is 0. The average molecular weight is 288 g/mol. The molecule has 0 heterocycles. The summed E-state index contributed by atoms with van der Waals surface area (Å²) in [6.45, 7) is 2.75. The number of ether oxygens (including phenoxy) is 1. The Bertz CT molecular complexity index is 329. The van der Waals surface area contributed by atoms with Gasteiger partial charge in [0.2, 0.25) is 0 Å². The van der Waals surface area contributed by atoms with Gasteiger partial charge >= 0.3 is 0 Å². The van der Waals surface area contributed by atoms with Crippen molar-refractivity contribution >= 4 is 15.9 Å². The highest BCUT2D eigenvalue weighted by atomic mass is 79.9. The molecule has 0 saturated heterocycles. The molecule has 0 aliphatic carbocycles. The van der Waals surface area contributed by atoms with Crippen molar-refractivity contribution in [2.45, 2.75) is 25.8 Å². The molecule has 1 aromatic rings. The van der Waals surface area contributed by atoms with Gasteiger partial charge in [-0.2, -0.15) is 0 Å². The first-order valence-corrected chi connectivity index (χ1v) is 6.23. The lowest BCUT2D eigenvalue weighted by Crippen LogP contribution is -2.08. The smallest absolute Gasteiger partial charge is 0.125 e. The number of halogens is 1. The predicted molar refractivity (Wildman–Crippen MR) is 68.6 cm³/mol. The number of hydrogen-bond acceptors (Lipinski definition) is 3. The van der Waals surface area contributed by atoms with Crippen LogP contribution in [0, 0.1) is 0 Å². The van der Waals surface area contributed by atoms with Gasteiger partial charge in [-0.15, -0.1) is 0 Å². The first-order chi connectivity index (χ1) is 7.65. The SMILES string of the molecule is C[C@H](N)c1ccc(Br)cc1OCCCCO. The Morgan fingerprint density at radius 3 is 2.81 bits per heavy atom. The topological polar surface area (TPSA) is 55.5 Å². The molecule has 0 fully saturated rings. The Kier molecular flexibility index (Phi) is 5.80. The second-order valence-electron chi connectivity index (χ2n) is 3.75. The maximum absolute atomic E-state index is 8.67. The fourth-order valence-electron chi connectivity index (χ4n) is 1.41. The van der Waals surface area contributed by atoms with Crippen molar-refractivity contribution in [3.05, 3.63) is 28.2 Å². The van der Waals surface area contributed by atoms with E-state index in [1.54, 1.807) is 0 Å². The summed E-state index contributed by atoms with van der Waals surface area (Å²) >= 11 is 3.41. The highest BCUT2D eigenvalue weighted by Crippen LogP contribution is 2.27. The summed E-state index contributed by atoms with van der Waals surface area (Å²) < 4.78 is 6.64. The number of aliphatic hydroxyl groups excluding tert-OH is 1. The van der Waals surface area contributed by atoms with Crippen molar-refractivity contribution in [3.8, 4) is 5.75 Å². The molecule has 3 nitrogen and oxygen atoms in total. The lowest BCUT2D eigenvalue weighted by Gasteiger charge is -2.14. The molecule has 3 N–H and O–H groups in total. The number of unbranched alkanes of at least 4 members (excludes halogenated alkanes) is 1. The standard InChI is InChI=1S/C12H18BrNO2/c1-9(14)11-5-4-10(13)8-12(11)16-7-3-2-6-15/h4-5,8-9,15H,2-3,6-7,14H2,1H3/t9-/m0/s1. The Morgan fingerprint density at radius 2 is 2.19 bits per heavy atom. The Hall–Kier alpha value is -0.580. The Morgan fingerprint density at radius 1 is 1.44 bits per heavy atom. The fourth-order valence-corrected chi connectivity index (χ4v) is 1.75. The molecule has 0 aromatic heterocycles. The first kappa shape index (κ1) is 13.5. The molecule has 0 aliphatic rings. The molecular formula is C12H18BrNO2. The van der Waals surface area contributed by atoms with E-state index < -0.39 is 0 Å². The monoisotopic (exact) mass is 287 g/mol. The third kappa shape index (κ3) is 4.12. The molecule has 0 radical (unpaired) electrons. The maximum atomic E-state index is 8.67. The minimum atomic E-state index is -0.0408. The molecule has 1 atom stereocenters. The van der Waals surface area contributed by atoms with Gasteiger partial charge in [0.1, 0.15) is 5.75 Å². The van der Waals surface area contributed by atoms with Crippen LogP contribution in [0.5, 0.6) is 5.75 Å². The van der Waals surface area contributed by atoms with Crippen molar-refractivity contribution in [3.63, 3.8) is 0 Å². The zero-order chi connectivity index (χ0) is 12.0. The van der Waals surface area contributed by atoms with Crippen LogP contribution in [0.15, 0.2) is 22.7 Å². The number of nitrogens with two attached hydrogens (primary N) is 1. The molecule has 4 heteroatoms. The molecule has 90 valence electrons. The quantitative estimate of drug-likeness (QED) is 0.791. The van der Waals surface area contributed by atoms with E-state index in [1.165, 1.54) is 0 Å². The van der Waals surface area contributed by atoms with E-state index in [0.29, 0.717) is 6.61 Å². The molecule has 1 aromatic carbocycles. The molecule has 0 spiro atoms. The second kappa shape index (κ2) is 6.89. The van der Waals surface area contributed by atoms with E-state index in [9.17, 15) is 0 Å². The van der Waals surface area contributed by atoms with Crippen LogP contribution in [0.1, 0.15) is 31.4 Å². The van der Waals surface area contributed by atoms with E-state index >= 15 is 0 Å². The van der Waals surface area contributed by atoms with E-state index in [4.69, 9.17) is 15.6 Å². The molecule has 16 heavy (non-hydrogen) atoms. The molecule has 0 unspecified atom stereocenters. The molecule has 0 saturated carbocycles. The van der Waals surface area contributed by atoms with Crippen molar-refractivity contribution in [2.75, 3.05) is 13.2 Å². The fraction of sp³-hybridized carbons (Fsp3) is 0.500. The zero-order valence-electron chi connectivity index (χ0n) is 9.45. The molecular weight excluding hydrogens is 270 g/mol. The van der Waals surface area contributed by atoms with Crippen molar-refractivity contribution < 1.29 is 9.84 Å². The number of hydrogen-bond donors (Lipinski definition) is 2. The number of rotatable bonds is 6. The van der Waals surface area contributed by atoms with Gasteiger partial charge in [0.15, 0.2) is 0 Å². The van der Waals surface area contributed by atoms with E-state index in [2.05, 4.69) is 15.9 Å². The number of aliphatic hydroxyl groups is 1. The van der Waals surface area contributed by atoms with Crippen LogP contribution in [-0.2, 0) is 0 Å². The van der Waals surface area contributed by atoms with Gasteiger partial charge in [-0.3, -0.25) is 0 Å². The summed E-state index contributed by atoms with van der Waals surface area (Å²) in [5.41, 5.74) is 6.87. The molecule has 0 aliphatic heterocycles. The molecule has 0 amide bonds. The van der Waals surface area contributed by atoms with Gasteiger partial charge in [-0.1, -0.05) is 22.0 Å². The Labute approximate surface area is 105 Å². The Balaban J connectivity index is 2.65. The molecule has 1 rings (SSSR count). The largest absolute Gasteiger partial charge is 0.493 e. The zero-order valence-corrected chi connectivity index (χ0v) is 11.0. The minimum Gasteiger partial charge on any atom is -0.493 e. The van der Waals surface area contributed by atoms with Crippen LogP contribution < -0.4 is 10.5 Å². The highest BCUT2D eigenvalue weighted by molar-refractivity contribution is 9.10. The third-order valence-electron chi connectivity index (χ3n) is 2.28. The summed E-state index contributed by atoms with van der Waals surface area (Å²) in [6, 6.07) is 5.81. The lowest BCUT2D eigenvalue weighted by atomic mass is 10.1. The van der Waals surface area contributed by atoms with E-state index in [0.717, 1.165) is 28.6 Å². The van der Waals surface area contributed by atoms with Crippen LogP contribution in [0.25, 0.3) is 0 Å². The van der Waals surface area contributed by atoms with Crippen molar-refractivity contribution in [1.29, 1.82) is 0 Å². The van der Waals surface area contributed by atoms with Gasteiger partial charge < -0.3 is 15.6 Å². The lowest BCUT2D eigenvalue weighted by molar-refractivity contribution is 0.252. The number of benzene rings is 1. The van der Waals surface area contributed by atoms with Crippen LogP contribution >= 0.6 is 15.9 Å². The van der Waals surface area contributed by atoms with E-state index in [1.807, 2.05) is 25.1 Å². The second-order valence-corrected chi connectivity index (χ2v) is 4.67.